The van der Waals surface area contributed by atoms with Crippen molar-refractivity contribution in [1.82, 2.24) is 9.88 Å². The number of thiazole rings is 1. The van der Waals surface area contributed by atoms with Crippen molar-refractivity contribution >= 4 is 44.4 Å². The molecule has 1 fully saturated rings. The van der Waals surface area contributed by atoms with E-state index in [1.165, 1.54) is 15.2 Å². The molecule has 1 aromatic heterocycles. The minimum Gasteiger partial charge on any atom is -0.345 e. The quantitative estimate of drug-likeness (QED) is 0.581. The molecular formula is C22H25N3OS2. The Morgan fingerprint density at radius 2 is 1.79 bits per heavy atom. The van der Waals surface area contributed by atoms with E-state index < -0.39 is 0 Å². The first-order valence-corrected chi connectivity index (χ1v) is 11.8. The molecule has 1 aliphatic heterocycles. The van der Waals surface area contributed by atoms with Crippen LogP contribution < -0.4 is 4.90 Å². The second-order valence-corrected chi connectivity index (χ2v) is 8.88. The smallest absolute Gasteiger partial charge is 0.227 e. The molecule has 1 saturated heterocycles. The first-order valence-electron chi connectivity index (χ1n) is 9.72. The third-order valence-corrected chi connectivity index (χ3v) is 7.13. The first kappa shape index (κ1) is 19.3. The zero-order chi connectivity index (χ0) is 19.5. The number of para-hydroxylation sites is 1. The summed E-state index contributed by atoms with van der Waals surface area (Å²) in [5, 5.41) is 1.07. The van der Waals surface area contributed by atoms with E-state index in [2.05, 4.69) is 60.5 Å². The Kier molecular flexibility index (Phi) is 5.87. The number of carbonyl (C=O) groups is 1. The van der Waals surface area contributed by atoms with Crippen molar-refractivity contribution in [2.75, 3.05) is 37.3 Å². The van der Waals surface area contributed by atoms with Crippen LogP contribution in [0.25, 0.3) is 10.2 Å². The standard InChI is InChI=1S/C22H25N3OS2/c1-3-16-7-9-17(10-8-16)15-20(26)24-11-13-25(14-12-24)22-23-21-18(27-2)5-4-6-19(21)28-22/h4-10H,3,11-15H2,1-2H3. The second kappa shape index (κ2) is 8.53. The molecule has 2 heterocycles. The summed E-state index contributed by atoms with van der Waals surface area (Å²) in [4.78, 5) is 23.1. The Labute approximate surface area is 174 Å². The van der Waals surface area contributed by atoms with Crippen molar-refractivity contribution in [3.63, 3.8) is 0 Å². The van der Waals surface area contributed by atoms with E-state index in [1.54, 1.807) is 23.1 Å². The molecule has 28 heavy (non-hydrogen) atoms. The number of fused-ring (bicyclic) bond motifs is 1. The largest absolute Gasteiger partial charge is 0.345 e. The Morgan fingerprint density at radius 3 is 2.46 bits per heavy atom. The second-order valence-electron chi connectivity index (χ2n) is 7.02. The highest BCUT2D eigenvalue weighted by atomic mass is 32.2. The lowest BCUT2D eigenvalue weighted by Crippen LogP contribution is -2.49. The molecule has 4 nitrogen and oxygen atoms in total. The van der Waals surface area contributed by atoms with Gasteiger partial charge in [-0.1, -0.05) is 48.6 Å². The summed E-state index contributed by atoms with van der Waals surface area (Å²) in [6.07, 6.45) is 3.61. The van der Waals surface area contributed by atoms with Gasteiger partial charge in [-0.05, 0) is 35.9 Å². The summed E-state index contributed by atoms with van der Waals surface area (Å²) in [5.41, 5.74) is 3.51. The number of hydrogen-bond donors (Lipinski definition) is 0. The molecule has 0 unspecified atom stereocenters. The van der Waals surface area contributed by atoms with Crippen LogP contribution in [-0.4, -0.2) is 48.2 Å². The van der Waals surface area contributed by atoms with E-state index in [-0.39, 0.29) is 5.91 Å². The number of aromatic nitrogens is 1. The third kappa shape index (κ3) is 4.03. The molecule has 146 valence electrons. The average Bonchev–Trinajstić information content (AvgIpc) is 3.19. The van der Waals surface area contributed by atoms with Crippen LogP contribution in [0.2, 0.25) is 0 Å². The fourth-order valence-electron chi connectivity index (χ4n) is 3.54. The lowest BCUT2D eigenvalue weighted by molar-refractivity contribution is -0.130. The number of thioether (sulfide) groups is 1. The first-order chi connectivity index (χ1) is 13.7. The van der Waals surface area contributed by atoms with Crippen LogP contribution >= 0.6 is 23.1 Å². The lowest BCUT2D eigenvalue weighted by Gasteiger charge is -2.34. The molecule has 0 saturated carbocycles. The highest BCUT2D eigenvalue weighted by molar-refractivity contribution is 7.98. The summed E-state index contributed by atoms with van der Waals surface area (Å²) in [7, 11) is 0. The van der Waals surface area contributed by atoms with E-state index in [4.69, 9.17) is 4.98 Å². The Hall–Kier alpha value is -2.05. The maximum absolute atomic E-state index is 12.7. The minimum absolute atomic E-state index is 0.220. The van der Waals surface area contributed by atoms with Crippen LogP contribution in [0.15, 0.2) is 47.4 Å². The molecule has 0 aliphatic carbocycles. The molecule has 3 aromatic rings. The number of nitrogens with zero attached hydrogens (tertiary/aromatic N) is 3. The van der Waals surface area contributed by atoms with Crippen LogP contribution in [0.3, 0.4) is 0 Å². The molecular weight excluding hydrogens is 386 g/mol. The highest BCUT2D eigenvalue weighted by Gasteiger charge is 2.23. The number of aryl methyl sites for hydroxylation is 1. The van der Waals surface area contributed by atoms with Crippen molar-refractivity contribution in [3.05, 3.63) is 53.6 Å². The number of benzene rings is 2. The van der Waals surface area contributed by atoms with Crippen molar-refractivity contribution in [3.8, 4) is 0 Å². The molecule has 0 spiro atoms. The van der Waals surface area contributed by atoms with Gasteiger partial charge in [0.2, 0.25) is 5.91 Å². The normalized spacial score (nSPS) is 14.6. The monoisotopic (exact) mass is 411 g/mol. The Morgan fingerprint density at radius 1 is 1.07 bits per heavy atom. The van der Waals surface area contributed by atoms with E-state index in [1.807, 2.05) is 4.90 Å². The molecule has 1 aliphatic rings. The minimum atomic E-state index is 0.220. The van der Waals surface area contributed by atoms with Gasteiger partial charge in [-0.3, -0.25) is 4.79 Å². The third-order valence-electron chi connectivity index (χ3n) is 5.28. The van der Waals surface area contributed by atoms with Gasteiger partial charge in [-0.2, -0.15) is 0 Å². The fraction of sp³-hybridized carbons (Fsp3) is 0.364. The SMILES string of the molecule is CCc1ccc(CC(=O)N2CCN(c3nc4c(SC)cccc4s3)CC2)cc1. The van der Waals surface area contributed by atoms with E-state index >= 15 is 0 Å². The lowest BCUT2D eigenvalue weighted by atomic mass is 10.1. The van der Waals surface area contributed by atoms with Gasteiger partial charge >= 0.3 is 0 Å². The summed E-state index contributed by atoms with van der Waals surface area (Å²) < 4.78 is 1.23. The van der Waals surface area contributed by atoms with Crippen LogP contribution in [0.4, 0.5) is 5.13 Å². The van der Waals surface area contributed by atoms with Crippen molar-refractivity contribution in [1.29, 1.82) is 0 Å². The van der Waals surface area contributed by atoms with E-state index in [9.17, 15) is 4.79 Å². The van der Waals surface area contributed by atoms with Gasteiger partial charge in [0, 0.05) is 31.1 Å². The Balaban J connectivity index is 1.38. The van der Waals surface area contributed by atoms with E-state index in [0.717, 1.165) is 48.8 Å². The van der Waals surface area contributed by atoms with Gasteiger partial charge in [0.15, 0.2) is 5.13 Å². The van der Waals surface area contributed by atoms with Crippen molar-refractivity contribution < 1.29 is 4.79 Å². The summed E-state index contributed by atoms with van der Waals surface area (Å²) >= 11 is 3.49. The van der Waals surface area contributed by atoms with E-state index in [0.29, 0.717) is 6.42 Å². The molecule has 2 aromatic carbocycles. The van der Waals surface area contributed by atoms with Crippen LogP contribution in [-0.2, 0) is 17.6 Å². The van der Waals surface area contributed by atoms with Gasteiger partial charge in [-0.25, -0.2) is 4.98 Å². The number of amides is 1. The average molecular weight is 412 g/mol. The maximum atomic E-state index is 12.7. The van der Waals surface area contributed by atoms with Gasteiger partial charge in [0.05, 0.1) is 16.6 Å². The predicted octanol–water partition coefficient (Wildman–Crippen LogP) is 4.47. The molecule has 4 rings (SSSR count). The van der Waals surface area contributed by atoms with Gasteiger partial charge in [-0.15, -0.1) is 11.8 Å². The summed E-state index contributed by atoms with van der Waals surface area (Å²) in [6.45, 7) is 5.35. The van der Waals surface area contributed by atoms with Crippen LogP contribution in [0, 0.1) is 0 Å². The topological polar surface area (TPSA) is 36.4 Å². The number of rotatable bonds is 5. The zero-order valence-electron chi connectivity index (χ0n) is 16.4. The summed E-state index contributed by atoms with van der Waals surface area (Å²) in [6, 6.07) is 14.8. The maximum Gasteiger partial charge on any atom is 0.227 e. The highest BCUT2D eigenvalue weighted by Crippen LogP contribution is 2.34. The number of carbonyl (C=O) groups excluding carboxylic acids is 1. The van der Waals surface area contributed by atoms with Gasteiger partial charge in [0.25, 0.3) is 0 Å². The zero-order valence-corrected chi connectivity index (χ0v) is 18.0. The van der Waals surface area contributed by atoms with Crippen LogP contribution in [0.1, 0.15) is 18.1 Å². The van der Waals surface area contributed by atoms with Gasteiger partial charge < -0.3 is 9.80 Å². The van der Waals surface area contributed by atoms with Gasteiger partial charge in [0.1, 0.15) is 0 Å². The molecule has 6 heteroatoms. The van der Waals surface area contributed by atoms with Crippen LogP contribution in [0.5, 0.6) is 0 Å². The molecule has 0 N–H and O–H groups in total. The predicted molar refractivity (Wildman–Crippen MR) is 120 cm³/mol. The molecule has 0 atom stereocenters. The Bertz CT molecular complexity index is 960. The number of hydrogen-bond acceptors (Lipinski definition) is 5. The molecule has 1 amide bonds. The fourth-order valence-corrected chi connectivity index (χ4v) is 5.21. The summed E-state index contributed by atoms with van der Waals surface area (Å²) in [5.74, 6) is 0.220. The number of anilines is 1. The molecule has 0 radical (unpaired) electrons. The van der Waals surface area contributed by atoms with Crippen molar-refractivity contribution in [2.45, 2.75) is 24.7 Å². The van der Waals surface area contributed by atoms with Crippen molar-refractivity contribution in [2.24, 2.45) is 0 Å². The molecule has 0 bridgehead atoms. The number of piperazine rings is 1.